The van der Waals surface area contributed by atoms with E-state index in [-0.39, 0.29) is 23.2 Å². The van der Waals surface area contributed by atoms with Gasteiger partial charge in [0.25, 0.3) is 0 Å². The first-order valence-corrected chi connectivity index (χ1v) is 15.4. The van der Waals surface area contributed by atoms with Gasteiger partial charge in [0.2, 0.25) is 0 Å². The Labute approximate surface area is 234 Å². The number of hydrogen-bond acceptors (Lipinski definition) is 4. The fourth-order valence-corrected chi connectivity index (χ4v) is 9.64. The molecular weight excluding hydrogens is 480 g/mol. The second-order valence-electron chi connectivity index (χ2n) is 13.3. The number of carbonyl (C=O) groups excluding carboxylic acids is 1. The number of hydrogen-bond donors (Lipinski definition) is 0. The predicted octanol–water partition coefficient (Wildman–Crippen LogP) is 7.99. The Balaban J connectivity index is 1.49. The molecule has 1 heterocycles. The number of fused-ring (bicyclic) bond motifs is 4. The van der Waals surface area contributed by atoms with Crippen molar-refractivity contribution in [1.82, 2.24) is 0 Å². The van der Waals surface area contributed by atoms with Gasteiger partial charge in [-0.2, -0.15) is 4.91 Å². The monoisotopic (exact) mass is 524 g/mol. The highest BCUT2D eigenvalue weighted by Crippen LogP contribution is 2.70. The van der Waals surface area contributed by atoms with Crippen LogP contribution in [0.25, 0.3) is 0 Å². The van der Waals surface area contributed by atoms with E-state index in [0.717, 1.165) is 51.6 Å². The molecule has 0 N–H and O–H groups in total. The van der Waals surface area contributed by atoms with Crippen molar-refractivity contribution >= 4 is 11.5 Å². The Morgan fingerprint density at radius 2 is 1.85 bits per heavy atom. The SMILES string of the molecule is CC#C[C@]1(C(C)=O)CC[C@H]2[C@@H]3CC(C)C4=CC(N=O)CCC4=C3C(c3ccc(N4CCCCC4)cc3)C[C@@]21C. The van der Waals surface area contributed by atoms with Crippen LogP contribution in [0.5, 0.6) is 0 Å². The van der Waals surface area contributed by atoms with Gasteiger partial charge in [-0.1, -0.05) is 48.7 Å². The molecule has 1 aliphatic heterocycles. The first kappa shape index (κ1) is 26.5. The summed E-state index contributed by atoms with van der Waals surface area (Å²) in [4.78, 5) is 27.5. The van der Waals surface area contributed by atoms with Gasteiger partial charge in [-0.05, 0) is 124 Å². The molecule has 7 atom stereocenters. The lowest BCUT2D eigenvalue weighted by atomic mass is 9.47. The second-order valence-corrected chi connectivity index (χ2v) is 13.3. The molecule has 206 valence electrons. The number of benzene rings is 1. The third kappa shape index (κ3) is 4.06. The van der Waals surface area contributed by atoms with E-state index in [1.54, 1.807) is 12.5 Å². The van der Waals surface area contributed by atoms with Crippen molar-refractivity contribution in [3.8, 4) is 11.8 Å². The molecule has 0 spiro atoms. The molecule has 0 radical (unpaired) electrons. The van der Waals surface area contributed by atoms with E-state index in [1.165, 1.54) is 41.7 Å². The summed E-state index contributed by atoms with van der Waals surface area (Å²) < 4.78 is 0. The Morgan fingerprint density at radius 3 is 2.51 bits per heavy atom. The van der Waals surface area contributed by atoms with Crippen molar-refractivity contribution in [3.63, 3.8) is 0 Å². The van der Waals surface area contributed by atoms with E-state index < -0.39 is 5.41 Å². The molecule has 0 amide bonds. The third-order valence-electron chi connectivity index (χ3n) is 11.5. The van der Waals surface area contributed by atoms with Crippen LogP contribution in [0.1, 0.15) is 97.0 Å². The molecule has 39 heavy (non-hydrogen) atoms. The number of ketones is 1. The number of nitrogens with zero attached hydrogens (tertiary/aromatic N) is 2. The summed E-state index contributed by atoms with van der Waals surface area (Å²) >= 11 is 0. The Hall–Kier alpha value is -2.67. The van der Waals surface area contributed by atoms with Gasteiger partial charge in [-0.25, -0.2) is 0 Å². The van der Waals surface area contributed by atoms with Crippen LogP contribution in [-0.2, 0) is 4.79 Å². The molecule has 5 aliphatic rings. The van der Waals surface area contributed by atoms with Crippen LogP contribution in [0.4, 0.5) is 5.69 Å². The quantitative estimate of drug-likeness (QED) is 0.296. The molecular formula is C35H44N2O2. The summed E-state index contributed by atoms with van der Waals surface area (Å²) in [6.07, 6.45) is 11.8. The summed E-state index contributed by atoms with van der Waals surface area (Å²) in [6.45, 7) is 10.7. The summed E-state index contributed by atoms with van der Waals surface area (Å²) in [7, 11) is 0. The second kappa shape index (κ2) is 10.1. The van der Waals surface area contributed by atoms with E-state index in [0.29, 0.717) is 17.8 Å². The maximum absolute atomic E-state index is 13.4. The van der Waals surface area contributed by atoms with Gasteiger partial charge in [0.15, 0.2) is 0 Å². The van der Waals surface area contributed by atoms with E-state index in [1.807, 2.05) is 6.92 Å². The topological polar surface area (TPSA) is 49.7 Å². The minimum absolute atomic E-state index is 0.157. The average molecular weight is 525 g/mol. The number of piperidine rings is 1. The smallest absolute Gasteiger partial charge is 0.148 e. The summed E-state index contributed by atoms with van der Waals surface area (Å²) in [5.74, 6) is 8.55. The number of Topliss-reactive ketones (excluding diaryl/α,β-unsaturated/α-hetero) is 1. The molecule has 1 aromatic carbocycles. The molecule has 0 aromatic heterocycles. The van der Waals surface area contributed by atoms with Crippen molar-refractivity contribution < 1.29 is 4.79 Å². The minimum Gasteiger partial charge on any atom is -0.372 e. The maximum atomic E-state index is 13.4. The predicted molar refractivity (Wildman–Crippen MR) is 158 cm³/mol. The standard InChI is InChI=1S/C35H44N2O2/c1-5-16-35(24(3)38)17-15-32-30-20-23(2)29-21-26(36-39)11-14-28(29)33(30)31(22-34(32,35)4)25-9-12-27(13-10-25)37-18-7-6-8-19-37/h9-10,12-13,21,23,26,30-32H,6-8,11,14-15,17-20,22H2,1-4H3/t23?,26?,30-,31?,32-,34-,35+/m0/s1. The van der Waals surface area contributed by atoms with Crippen LogP contribution in [0, 0.1) is 45.3 Å². The van der Waals surface area contributed by atoms with Gasteiger partial charge >= 0.3 is 0 Å². The third-order valence-corrected chi connectivity index (χ3v) is 11.5. The molecule has 3 unspecified atom stereocenters. The fourth-order valence-electron chi connectivity index (χ4n) is 9.64. The number of carbonyl (C=O) groups is 1. The van der Waals surface area contributed by atoms with Crippen molar-refractivity contribution in [3.05, 3.63) is 57.5 Å². The van der Waals surface area contributed by atoms with Crippen molar-refractivity contribution in [1.29, 1.82) is 0 Å². The first-order valence-electron chi connectivity index (χ1n) is 15.4. The zero-order valence-electron chi connectivity index (χ0n) is 24.3. The van der Waals surface area contributed by atoms with Crippen LogP contribution in [0.15, 0.2) is 52.2 Å². The normalized spacial score (nSPS) is 37.6. The van der Waals surface area contributed by atoms with Gasteiger partial charge in [-0.3, -0.25) is 4.79 Å². The molecule has 4 heteroatoms. The summed E-state index contributed by atoms with van der Waals surface area (Å²) in [6, 6.07) is 9.22. The number of anilines is 1. The van der Waals surface area contributed by atoms with Crippen LogP contribution >= 0.6 is 0 Å². The van der Waals surface area contributed by atoms with E-state index in [2.05, 4.69) is 66.1 Å². The molecule has 1 saturated heterocycles. The molecule has 1 aromatic rings. The Bertz CT molecular complexity index is 1270. The van der Waals surface area contributed by atoms with Crippen molar-refractivity contribution in [2.75, 3.05) is 18.0 Å². The number of allylic oxidation sites excluding steroid dienone is 3. The molecule has 2 saturated carbocycles. The van der Waals surface area contributed by atoms with Gasteiger partial charge < -0.3 is 4.90 Å². The van der Waals surface area contributed by atoms with Crippen molar-refractivity contribution in [2.24, 2.45) is 33.8 Å². The van der Waals surface area contributed by atoms with Crippen LogP contribution < -0.4 is 4.90 Å². The zero-order valence-corrected chi connectivity index (χ0v) is 24.3. The van der Waals surface area contributed by atoms with E-state index in [9.17, 15) is 9.70 Å². The van der Waals surface area contributed by atoms with Crippen LogP contribution in [0.3, 0.4) is 0 Å². The summed E-state index contributed by atoms with van der Waals surface area (Å²) in [5, 5.41) is 3.43. The van der Waals surface area contributed by atoms with Gasteiger partial charge in [0.05, 0.1) is 5.41 Å². The highest BCUT2D eigenvalue weighted by molar-refractivity contribution is 5.87. The largest absolute Gasteiger partial charge is 0.372 e. The fraction of sp³-hybridized carbons (Fsp3) is 0.629. The molecule has 4 nitrogen and oxygen atoms in total. The summed E-state index contributed by atoms with van der Waals surface area (Å²) in [5.41, 5.74) is 6.48. The minimum atomic E-state index is -0.562. The highest BCUT2D eigenvalue weighted by Gasteiger charge is 2.65. The van der Waals surface area contributed by atoms with Gasteiger partial charge in [-0.15, -0.1) is 5.92 Å². The van der Waals surface area contributed by atoms with Gasteiger partial charge in [0.1, 0.15) is 11.8 Å². The number of nitroso groups, excluding NO2 is 1. The lowest BCUT2D eigenvalue weighted by Gasteiger charge is -2.55. The van der Waals surface area contributed by atoms with E-state index >= 15 is 0 Å². The lowest BCUT2D eigenvalue weighted by molar-refractivity contribution is -0.130. The molecule has 4 aliphatic carbocycles. The molecule has 6 rings (SSSR count). The maximum Gasteiger partial charge on any atom is 0.148 e. The van der Waals surface area contributed by atoms with Crippen LogP contribution in [0.2, 0.25) is 0 Å². The lowest BCUT2D eigenvalue weighted by Crippen LogP contribution is -2.50. The Morgan fingerprint density at radius 1 is 1.10 bits per heavy atom. The first-order chi connectivity index (χ1) is 18.8. The van der Waals surface area contributed by atoms with Crippen LogP contribution in [-0.4, -0.2) is 24.9 Å². The van der Waals surface area contributed by atoms with Crippen molar-refractivity contribution in [2.45, 2.75) is 97.4 Å². The molecule has 3 fully saturated rings. The molecule has 0 bridgehead atoms. The van der Waals surface area contributed by atoms with E-state index in [4.69, 9.17) is 0 Å². The highest BCUT2D eigenvalue weighted by atomic mass is 16.3. The zero-order chi connectivity index (χ0) is 27.4. The number of rotatable bonds is 4. The van der Waals surface area contributed by atoms with Gasteiger partial charge in [0, 0.05) is 24.7 Å². The Kier molecular flexibility index (Phi) is 6.85. The average Bonchev–Trinajstić information content (AvgIpc) is 3.26.